The van der Waals surface area contributed by atoms with Crippen LogP contribution in [0, 0.1) is 10.1 Å². The minimum Gasteiger partial charge on any atom is -0.366 e. The maximum Gasteiger partial charge on any atom is 0.271 e. The maximum atomic E-state index is 10.6. The molecule has 0 bridgehead atoms. The highest BCUT2D eigenvalue weighted by molar-refractivity contribution is 5.92. The third-order valence-electron chi connectivity index (χ3n) is 2.39. The van der Waals surface area contributed by atoms with E-state index in [2.05, 4.69) is 4.99 Å². The zero-order valence-electron chi connectivity index (χ0n) is 8.60. The molecule has 0 radical (unpaired) electrons. The van der Waals surface area contributed by atoms with E-state index in [0.717, 1.165) is 17.8 Å². The number of hydrogen-bond donors (Lipinski definition) is 0. The van der Waals surface area contributed by atoms with Gasteiger partial charge in [-0.25, -0.2) is 4.99 Å². The van der Waals surface area contributed by atoms with Crippen LogP contribution in [0.1, 0.15) is 5.56 Å². The average molecular weight is 205 g/mol. The molecule has 0 atom stereocenters. The highest BCUT2D eigenvalue weighted by atomic mass is 16.6. The van der Waals surface area contributed by atoms with Crippen LogP contribution >= 0.6 is 0 Å². The summed E-state index contributed by atoms with van der Waals surface area (Å²) in [5, 5.41) is 10.6. The molecule has 0 amide bonds. The van der Waals surface area contributed by atoms with E-state index in [1.54, 1.807) is 6.07 Å². The minimum absolute atomic E-state index is 0.0949. The van der Waals surface area contributed by atoms with Gasteiger partial charge in [-0.3, -0.25) is 10.1 Å². The van der Waals surface area contributed by atoms with Gasteiger partial charge in [-0.05, 0) is 11.6 Å². The maximum absolute atomic E-state index is 10.6. The molecule has 0 unspecified atom stereocenters. The second kappa shape index (κ2) is 3.34. The lowest BCUT2D eigenvalue weighted by molar-refractivity contribution is -0.384. The molecule has 2 rings (SSSR count). The summed E-state index contributed by atoms with van der Waals surface area (Å²) in [6.07, 6.45) is 0.750. The molecule has 0 saturated heterocycles. The molecule has 5 heteroatoms. The van der Waals surface area contributed by atoms with E-state index in [0.29, 0.717) is 5.69 Å². The fourth-order valence-electron chi connectivity index (χ4n) is 1.53. The van der Waals surface area contributed by atoms with Crippen molar-refractivity contribution in [2.24, 2.45) is 4.99 Å². The molecule has 78 valence electrons. The molecule has 0 aliphatic carbocycles. The molecule has 15 heavy (non-hydrogen) atoms. The molecule has 0 N–H and O–H groups in total. The lowest BCUT2D eigenvalue weighted by Crippen LogP contribution is -2.21. The number of amidine groups is 1. The normalized spacial score (nSPS) is 13.3. The lowest BCUT2D eigenvalue weighted by atomic mass is 10.1. The quantitative estimate of drug-likeness (QED) is 0.518. The first kappa shape index (κ1) is 9.64. The van der Waals surface area contributed by atoms with E-state index >= 15 is 0 Å². The van der Waals surface area contributed by atoms with Crippen LogP contribution in [0.5, 0.6) is 0 Å². The van der Waals surface area contributed by atoms with Crippen LogP contribution in [0.2, 0.25) is 0 Å². The van der Waals surface area contributed by atoms with Crippen molar-refractivity contribution in [3.05, 3.63) is 33.9 Å². The number of likely N-dealkylation sites (N-methyl/N-ethyl adjacent to an activating group) is 1. The predicted molar refractivity (Wildman–Crippen MR) is 57.6 cm³/mol. The van der Waals surface area contributed by atoms with Gasteiger partial charge < -0.3 is 4.90 Å². The molecule has 5 nitrogen and oxygen atoms in total. The SMILES string of the molecule is CN(C)C1=Nc2cc([N+](=O)[O-])ccc2C1. The van der Waals surface area contributed by atoms with Gasteiger partial charge in [0.1, 0.15) is 5.84 Å². The number of nitrogens with zero attached hydrogens (tertiary/aromatic N) is 3. The van der Waals surface area contributed by atoms with Crippen molar-refractivity contribution in [3.63, 3.8) is 0 Å². The Morgan fingerprint density at radius 2 is 2.20 bits per heavy atom. The Bertz CT molecular complexity index is 452. The van der Waals surface area contributed by atoms with Crippen LogP contribution in [0.25, 0.3) is 0 Å². The van der Waals surface area contributed by atoms with Crippen LogP contribution in [0.3, 0.4) is 0 Å². The summed E-state index contributed by atoms with van der Waals surface area (Å²) in [5.41, 5.74) is 1.86. The number of fused-ring (bicyclic) bond motifs is 1. The topological polar surface area (TPSA) is 58.7 Å². The van der Waals surface area contributed by atoms with Gasteiger partial charge in [-0.2, -0.15) is 0 Å². The van der Waals surface area contributed by atoms with Crippen LogP contribution in [0.15, 0.2) is 23.2 Å². The van der Waals surface area contributed by atoms with Gasteiger partial charge in [0, 0.05) is 32.6 Å². The van der Waals surface area contributed by atoms with Crippen molar-refractivity contribution in [3.8, 4) is 0 Å². The highest BCUT2D eigenvalue weighted by Crippen LogP contribution is 2.30. The minimum atomic E-state index is -0.399. The number of non-ortho nitro benzene ring substituents is 1. The van der Waals surface area contributed by atoms with E-state index in [1.807, 2.05) is 19.0 Å². The van der Waals surface area contributed by atoms with Crippen LogP contribution in [-0.4, -0.2) is 29.8 Å². The standard InChI is InChI=1S/C10H11N3O2/c1-12(2)10-5-7-3-4-8(13(14)15)6-9(7)11-10/h3-4,6H,5H2,1-2H3. The number of hydrogen-bond acceptors (Lipinski definition) is 4. The van der Waals surface area contributed by atoms with Crippen molar-refractivity contribution in [2.45, 2.75) is 6.42 Å². The first-order valence-corrected chi connectivity index (χ1v) is 4.60. The monoisotopic (exact) mass is 205 g/mol. The summed E-state index contributed by atoms with van der Waals surface area (Å²) in [7, 11) is 3.83. The number of benzene rings is 1. The Morgan fingerprint density at radius 3 is 2.80 bits per heavy atom. The number of aliphatic imine (C=N–C) groups is 1. The van der Waals surface area contributed by atoms with Crippen molar-refractivity contribution >= 4 is 17.2 Å². The molecule has 1 aliphatic rings. The molecule has 1 aromatic rings. The lowest BCUT2D eigenvalue weighted by Gasteiger charge is -2.10. The molecule has 1 aliphatic heterocycles. The fraction of sp³-hybridized carbons (Fsp3) is 0.300. The molecule has 0 spiro atoms. The van der Waals surface area contributed by atoms with E-state index in [1.165, 1.54) is 12.1 Å². The Kier molecular flexibility index (Phi) is 2.15. The van der Waals surface area contributed by atoms with Gasteiger partial charge in [0.2, 0.25) is 0 Å². The summed E-state index contributed by atoms with van der Waals surface area (Å²) in [6, 6.07) is 4.81. The molecule has 0 saturated carbocycles. The third kappa shape index (κ3) is 1.68. The molecule has 1 aromatic carbocycles. The smallest absolute Gasteiger partial charge is 0.271 e. The zero-order chi connectivity index (χ0) is 11.0. The Hall–Kier alpha value is -1.91. The number of rotatable bonds is 1. The summed E-state index contributed by atoms with van der Waals surface area (Å²) < 4.78 is 0. The summed E-state index contributed by atoms with van der Waals surface area (Å²) >= 11 is 0. The molecule has 0 fully saturated rings. The molecular formula is C10H11N3O2. The van der Waals surface area contributed by atoms with Gasteiger partial charge in [0.15, 0.2) is 0 Å². The van der Waals surface area contributed by atoms with Gasteiger partial charge >= 0.3 is 0 Å². The first-order valence-electron chi connectivity index (χ1n) is 4.60. The molecular weight excluding hydrogens is 194 g/mol. The summed E-state index contributed by atoms with van der Waals surface area (Å²) in [6.45, 7) is 0. The zero-order valence-corrected chi connectivity index (χ0v) is 8.60. The van der Waals surface area contributed by atoms with Crippen molar-refractivity contribution in [2.75, 3.05) is 14.1 Å². The number of nitro benzene ring substituents is 1. The van der Waals surface area contributed by atoms with Gasteiger partial charge in [-0.15, -0.1) is 0 Å². The third-order valence-corrected chi connectivity index (χ3v) is 2.39. The fourth-order valence-corrected chi connectivity index (χ4v) is 1.53. The largest absolute Gasteiger partial charge is 0.366 e. The first-order chi connectivity index (χ1) is 7.08. The highest BCUT2D eigenvalue weighted by Gasteiger charge is 2.18. The van der Waals surface area contributed by atoms with Crippen molar-refractivity contribution in [1.29, 1.82) is 0 Å². The summed E-state index contributed by atoms with van der Waals surface area (Å²) in [4.78, 5) is 16.4. The molecule has 1 heterocycles. The summed E-state index contributed by atoms with van der Waals surface area (Å²) in [5.74, 6) is 0.936. The van der Waals surface area contributed by atoms with Crippen LogP contribution in [-0.2, 0) is 6.42 Å². The van der Waals surface area contributed by atoms with E-state index in [-0.39, 0.29) is 5.69 Å². The van der Waals surface area contributed by atoms with Gasteiger partial charge in [-0.1, -0.05) is 0 Å². The van der Waals surface area contributed by atoms with Gasteiger partial charge in [0.05, 0.1) is 10.6 Å². The Morgan fingerprint density at radius 1 is 1.47 bits per heavy atom. The van der Waals surface area contributed by atoms with E-state index in [9.17, 15) is 10.1 Å². The van der Waals surface area contributed by atoms with Crippen molar-refractivity contribution in [1.82, 2.24) is 4.90 Å². The van der Waals surface area contributed by atoms with Gasteiger partial charge in [0.25, 0.3) is 5.69 Å². The van der Waals surface area contributed by atoms with E-state index < -0.39 is 4.92 Å². The second-order valence-electron chi connectivity index (χ2n) is 3.67. The number of nitro groups is 1. The predicted octanol–water partition coefficient (Wildman–Crippen LogP) is 1.74. The van der Waals surface area contributed by atoms with Crippen molar-refractivity contribution < 1.29 is 4.92 Å². The Labute approximate surface area is 87.2 Å². The molecule has 0 aromatic heterocycles. The average Bonchev–Trinajstić information content (AvgIpc) is 2.59. The Balaban J connectivity index is 2.39. The second-order valence-corrected chi connectivity index (χ2v) is 3.67. The van der Waals surface area contributed by atoms with Crippen LogP contribution in [0.4, 0.5) is 11.4 Å². The van der Waals surface area contributed by atoms with E-state index in [4.69, 9.17) is 0 Å². The van der Waals surface area contributed by atoms with Crippen LogP contribution < -0.4 is 0 Å².